The van der Waals surface area contributed by atoms with Gasteiger partial charge < -0.3 is 0 Å². The smallest absolute Gasteiger partial charge is 0.157 e. The summed E-state index contributed by atoms with van der Waals surface area (Å²) in [5.74, 6) is 0. The molecule has 0 aliphatic heterocycles. The SMILES string of the molecule is CC(C)(C)c1cc2nc3c(c(Cl)n2n1)CCCC3. The van der Waals surface area contributed by atoms with Crippen LogP contribution in [0.5, 0.6) is 0 Å². The molecule has 3 rings (SSSR count). The highest BCUT2D eigenvalue weighted by molar-refractivity contribution is 6.30. The predicted molar refractivity (Wildman–Crippen MR) is 73.3 cm³/mol. The lowest BCUT2D eigenvalue weighted by atomic mass is 9.92. The summed E-state index contributed by atoms with van der Waals surface area (Å²) in [5.41, 5.74) is 4.31. The van der Waals surface area contributed by atoms with Crippen molar-refractivity contribution in [1.29, 1.82) is 0 Å². The van der Waals surface area contributed by atoms with Gasteiger partial charge >= 0.3 is 0 Å². The molecule has 0 saturated carbocycles. The molecule has 18 heavy (non-hydrogen) atoms. The number of fused-ring (bicyclic) bond motifs is 2. The van der Waals surface area contributed by atoms with Crippen LogP contribution in [0.15, 0.2) is 6.07 Å². The second-order valence-electron chi connectivity index (χ2n) is 6.08. The number of aryl methyl sites for hydroxylation is 1. The monoisotopic (exact) mass is 263 g/mol. The lowest BCUT2D eigenvalue weighted by molar-refractivity contribution is 0.562. The number of hydrogen-bond acceptors (Lipinski definition) is 2. The summed E-state index contributed by atoms with van der Waals surface area (Å²) in [4.78, 5) is 4.73. The van der Waals surface area contributed by atoms with Gasteiger partial charge in [0.15, 0.2) is 5.65 Å². The molecular formula is C14H18ClN3. The van der Waals surface area contributed by atoms with E-state index in [1.807, 2.05) is 0 Å². The Labute approximate surface area is 112 Å². The number of aromatic nitrogens is 3. The number of halogens is 1. The van der Waals surface area contributed by atoms with Crippen LogP contribution >= 0.6 is 11.6 Å². The first kappa shape index (κ1) is 12.0. The molecular weight excluding hydrogens is 246 g/mol. The maximum Gasteiger partial charge on any atom is 0.157 e. The normalized spacial score (nSPS) is 16.0. The van der Waals surface area contributed by atoms with Gasteiger partial charge in [-0.15, -0.1) is 0 Å². The maximum absolute atomic E-state index is 6.48. The molecule has 1 aliphatic carbocycles. The van der Waals surface area contributed by atoms with E-state index in [-0.39, 0.29) is 5.41 Å². The molecule has 0 saturated heterocycles. The van der Waals surface area contributed by atoms with E-state index in [0.29, 0.717) is 0 Å². The van der Waals surface area contributed by atoms with Gasteiger partial charge in [-0.1, -0.05) is 32.4 Å². The van der Waals surface area contributed by atoms with Crippen LogP contribution in [-0.4, -0.2) is 14.6 Å². The largest absolute Gasteiger partial charge is 0.233 e. The number of rotatable bonds is 0. The molecule has 4 heteroatoms. The van der Waals surface area contributed by atoms with E-state index < -0.39 is 0 Å². The first-order valence-electron chi connectivity index (χ1n) is 6.54. The molecule has 2 aromatic rings. The van der Waals surface area contributed by atoms with Crippen molar-refractivity contribution >= 4 is 17.2 Å². The molecule has 1 aliphatic rings. The second kappa shape index (κ2) is 3.95. The summed E-state index contributed by atoms with van der Waals surface area (Å²) in [6.07, 6.45) is 4.49. The van der Waals surface area contributed by atoms with Gasteiger partial charge in [0.05, 0.1) is 5.69 Å². The van der Waals surface area contributed by atoms with Crippen LogP contribution in [0.3, 0.4) is 0 Å². The summed E-state index contributed by atoms with van der Waals surface area (Å²) in [6, 6.07) is 2.06. The molecule has 0 radical (unpaired) electrons. The van der Waals surface area contributed by atoms with Gasteiger partial charge in [0.2, 0.25) is 0 Å². The zero-order chi connectivity index (χ0) is 12.9. The average Bonchev–Trinajstić information content (AvgIpc) is 2.73. The standard InChI is InChI=1S/C14H18ClN3/c1-14(2,3)11-8-12-16-10-7-5-4-6-9(10)13(15)18(12)17-11/h8H,4-7H2,1-3H3. The third-order valence-electron chi connectivity index (χ3n) is 3.58. The molecule has 3 nitrogen and oxygen atoms in total. The van der Waals surface area contributed by atoms with Crippen molar-refractivity contribution in [2.45, 2.75) is 51.9 Å². The van der Waals surface area contributed by atoms with Gasteiger partial charge in [-0.25, -0.2) is 9.50 Å². The summed E-state index contributed by atoms with van der Waals surface area (Å²) < 4.78 is 1.80. The van der Waals surface area contributed by atoms with Crippen LogP contribution in [-0.2, 0) is 18.3 Å². The molecule has 0 fully saturated rings. The van der Waals surface area contributed by atoms with E-state index in [1.165, 1.54) is 24.1 Å². The Morgan fingerprint density at radius 3 is 2.67 bits per heavy atom. The zero-order valence-electron chi connectivity index (χ0n) is 11.1. The Morgan fingerprint density at radius 1 is 1.22 bits per heavy atom. The zero-order valence-corrected chi connectivity index (χ0v) is 11.9. The molecule has 0 amide bonds. The van der Waals surface area contributed by atoms with Gasteiger partial charge in [0.1, 0.15) is 5.15 Å². The van der Waals surface area contributed by atoms with Crippen molar-refractivity contribution < 1.29 is 0 Å². The average molecular weight is 264 g/mol. The third kappa shape index (κ3) is 1.81. The van der Waals surface area contributed by atoms with Crippen LogP contribution < -0.4 is 0 Å². The van der Waals surface area contributed by atoms with Gasteiger partial charge in [-0.05, 0) is 25.7 Å². The fourth-order valence-electron chi connectivity index (χ4n) is 2.46. The summed E-state index contributed by atoms with van der Waals surface area (Å²) >= 11 is 6.48. The van der Waals surface area contributed by atoms with Gasteiger partial charge in [-0.3, -0.25) is 0 Å². The van der Waals surface area contributed by atoms with Gasteiger partial charge in [-0.2, -0.15) is 5.10 Å². The summed E-state index contributed by atoms with van der Waals surface area (Å²) in [5, 5.41) is 5.37. The van der Waals surface area contributed by atoms with Crippen LogP contribution in [0.25, 0.3) is 5.65 Å². The number of nitrogens with zero attached hydrogens (tertiary/aromatic N) is 3. The first-order chi connectivity index (χ1) is 8.47. The minimum Gasteiger partial charge on any atom is -0.233 e. The highest BCUT2D eigenvalue weighted by Gasteiger charge is 2.22. The van der Waals surface area contributed by atoms with Crippen LogP contribution in [0.2, 0.25) is 5.15 Å². The van der Waals surface area contributed by atoms with Crippen molar-refractivity contribution in [3.63, 3.8) is 0 Å². The lowest BCUT2D eigenvalue weighted by Gasteiger charge is -2.16. The Balaban J connectivity index is 2.25. The van der Waals surface area contributed by atoms with Crippen molar-refractivity contribution in [3.05, 3.63) is 28.2 Å². The van der Waals surface area contributed by atoms with Crippen molar-refractivity contribution in [2.75, 3.05) is 0 Å². The quantitative estimate of drug-likeness (QED) is 0.681. The summed E-state index contributed by atoms with van der Waals surface area (Å²) in [6.45, 7) is 6.47. The highest BCUT2D eigenvalue weighted by Crippen LogP contribution is 2.29. The number of hydrogen-bond donors (Lipinski definition) is 0. The van der Waals surface area contributed by atoms with Crippen molar-refractivity contribution in [2.24, 2.45) is 0 Å². The van der Waals surface area contributed by atoms with Crippen LogP contribution in [0.1, 0.15) is 50.6 Å². The van der Waals surface area contributed by atoms with Crippen molar-refractivity contribution in [3.8, 4) is 0 Å². The molecule has 2 aromatic heterocycles. The Bertz CT molecular complexity index is 608. The van der Waals surface area contributed by atoms with E-state index in [2.05, 4.69) is 31.9 Å². The van der Waals surface area contributed by atoms with Crippen LogP contribution in [0, 0.1) is 0 Å². The molecule has 0 N–H and O–H groups in total. The fourth-order valence-corrected chi connectivity index (χ4v) is 2.79. The molecule has 0 unspecified atom stereocenters. The molecule has 0 atom stereocenters. The topological polar surface area (TPSA) is 30.2 Å². The van der Waals surface area contributed by atoms with E-state index in [0.717, 1.165) is 29.3 Å². The Kier molecular flexibility index (Phi) is 2.63. The highest BCUT2D eigenvalue weighted by atomic mass is 35.5. The third-order valence-corrected chi connectivity index (χ3v) is 3.97. The summed E-state index contributed by atoms with van der Waals surface area (Å²) in [7, 11) is 0. The fraction of sp³-hybridized carbons (Fsp3) is 0.571. The molecule has 0 spiro atoms. The Morgan fingerprint density at radius 2 is 1.94 bits per heavy atom. The van der Waals surface area contributed by atoms with Gasteiger partial charge in [0, 0.05) is 22.7 Å². The van der Waals surface area contributed by atoms with Crippen LogP contribution in [0.4, 0.5) is 0 Å². The minimum absolute atomic E-state index is 0.0253. The van der Waals surface area contributed by atoms with E-state index in [1.54, 1.807) is 4.52 Å². The molecule has 2 heterocycles. The first-order valence-corrected chi connectivity index (χ1v) is 6.92. The van der Waals surface area contributed by atoms with E-state index in [4.69, 9.17) is 16.6 Å². The minimum atomic E-state index is 0.0253. The molecule has 96 valence electrons. The predicted octanol–water partition coefficient (Wildman–Crippen LogP) is 3.56. The van der Waals surface area contributed by atoms with Crippen molar-refractivity contribution in [1.82, 2.24) is 14.6 Å². The molecule has 0 aromatic carbocycles. The second-order valence-corrected chi connectivity index (χ2v) is 6.44. The van der Waals surface area contributed by atoms with E-state index >= 15 is 0 Å². The molecule has 0 bridgehead atoms. The Hall–Kier alpha value is -1.09. The van der Waals surface area contributed by atoms with Gasteiger partial charge in [0.25, 0.3) is 0 Å². The lowest BCUT2D eigenvalue weighted by Crippen LogP contribution is -2.12. The maximum atomic E-state index is 6.48. The van der Waals surface area contributed by atoms with E-state index in [9.17, 15) is 0 Å².